The second-order valence-corrected chi connectivity index (χ2v) is 5.30. The maximum atomic E-state index is 11.5. The molecule has 1 aromatic carbocycles. The van der Waals surface area contributed by atoms with Crippen molar-refractivity contribution in [3.63, 3.8) is 0 Å². The summed E-state index contributed by atoms with van der Waals surface area (Å²) in [6.07, 6.45) is 2.92. The third-order valence-electron chi connectivity index (χ3n) is 2.25. The Labute approximate surface area is 124 Å². The van der Waals surface area contributed by atoms with Gasteiger partial charge in [0.25, 0.3) is 0 Å². The number of methoxy groups -OCH3 is 1. The molecule has 0 heterocycles. The first-order valence-electron chi connectivity index (χ1n) is 6.51. The molecule has 0 bridgehead atoms. The SMILES string of the molecule is COC(=O)C=Cc1cccc(OCC(=O)OC(C)(C)C)c1. The first-order valence-corrected chi connectivity index (χ1v) is 6.51. The zero-order valence-corrected chi connectivity index (χ0v) is 12.7. The third kappa shape index (κ3) is 7.15. The molecule has 5 nitrogen and oxygen atoms in total. The fourth-order valence-corrected chi connectivity index (χ4v) is 1.45. The Morgan fingerprint density at radius 2 is 1.95 bits per heavy atom. The molecule has 0 atom stereocenters. The van der Waals surface area contributed by atoms with Gasteiger partial charge in [0.1, 0.15) is 11.4 Å². The number of benzene rings is 1. The Hall–Kier alpha value is -2.30. The standard InChI is InChI=1S/C16H20O5/c1-16(2,3)21-15(18)11-20-13-7-5-6-12(10-13)8-9-14(17)19-4/h5-10H,11H2,1-4H3. The van der Waals surface area contributed by atoms with Crippen LogP contribution >= 0.6 is 0 Å². The van der Waals surface area contributed by atoms with Crippen LogP contribution < -0.4 is 4.74 Å². The summed E-state index contributed by atoms with van der Waals surface area (Å²) >= 11 is 0. The smallest absolute Gasteiger partial charge is 0.344 e. The van der Waals surface area contributed by atoms with Gasteiger partial charge in [0, 0.05) is 6.08 Å². The van der Waals surface area contributed by atoms with E-state index in [0.29, 0.717) is 5.75 Å². The predicted octanol–water partition coefficient (Wildman–Crippen LogP) is 2.59. The van der Waals surface area contributed by atoms with Crippen molar-refractivity contribution in [2.24, 2.45) is 0 Å². The Balaban J connectivity index is 2.59. The Bertz CT molecular complexity index is 526. The van der Waals surface area contributed by atoms with Gasteiger partial charge in [0.15, 0.2) is 6.61 Å². The van der Waals surface area contributed by atoms with E-state index >= 15 is 0 Å². The number of hydrogen-bond acceptors (Lipinski definition) is 5. The van der Waals surface area contributed by atoms with Gasteiger partial charge < -0.3 is 14.2 Å². The molecule has 114 valence electrons. The average Bonchev–Trinajstić information content (AvgIpc) is 2.41. The van der Waals surface area contributed by atoms with E-state index in [1.807, 2.05) is 0 Å². The third-order valence-corrected chi connectivity index (χ3v) is 2.25. The van der Waals surface area contributed by atoms with Gasteiger partial charge in [0.2, 0.25) is 0 Å². The molecule has 0 aliphatic carbocycles. The zero-order chi connectivity index (χ0) is 15.9. The summed E-state index contributed by atoms with van der Waals surface area (Å²) < 4.78 is 15.0. The van der Waals surface area contributed by atoms with E-state index in [1.165, 1.54) is 13.2 Å². The molecule has 0 saturated carbocycles. The minimum atomic E-state index is -0.536. The normalized spacial score (nSPS) is 11.2. The summed E-state index contributed by atoms with van der Waals surface area (Å²) in [4.78, 5) is 22.6. The van der Waals surface area contributed by atoms with Crippen molar-refractivity contribution < 1.29 is 23.8 Å². The van der Waals surface area contributed by atoms with E-state index in [-0.39, 0.29) is 6.61 Å². The summed E-state index contributed by atoms with van der Waals surface area (Å²) in [5.74, 6) is -0.346. The fourth-order valence-electron chi connectivity index (χ4n) is 1.45. The molecule has 1 aromatic rings. The van der Waals surface area contributed by atoms with Crippen LogP contribution in [0, 0.1) is 0 Å². The minimum absolute atomic E-state index is 0.165. The summed E-state index contributed by atoms with van der Waals surface area (Å²) in [6.45, 7) is 5.22. The van der Waals surface area contributed by atoms with Crippen LogP contribution in [0.5, 0.6) is 5.75 Å². The zero-order valence-electron chi connectivity index (χ0n) is 12.7. The summed E-state index contributed by atoms with van der Waals surface area (Å²) in [5, 5.41) is 0. The highest BCUT2D eigenvalue weighted by Crippen LogP contribution is 2.15. The van der Waals surface area contributed by atoms with Crippen molar-refractivity contribution in [3.8, 4) is 5.75 Å². The van der Waals surface area contributed by atoms with E-state index in [4.69, 9.17) is 9.47 Å². The van der Waals surface area contributed by atoms with Crippen molar-refractivity contribution >= 4 is 18.0 Å². The van der Waals surface area contributed by atoms with E-state index < -0.39 is 17.5 Å². The van der Waals surface area contributed by atoms with Gasteiger partial charge >= 0.3 is 11.9 Å². The first kappa shape index (κ1) is 16.8. The number of esters is 2. The lowest BCUT2D eigenvalue weighted by Gasteiger charge is -2.19. The van der Waals surface area contributed by atoms with E-state index in [2.05, 4.69) is 4.74 Å². The predicted molar refractivity (Wildman–Crippen MR) is 78.8 cm³/mol. The highest BCUT2D eigenvalue weighted by Gasteiger charge is 2.16. The van der Waals surface area contributed by atoms with Crippen LogP contribution in [0.15, 0.2) is 30.3 Å². The van der Waals surface area contributed by atoms with Crippen molar-refractivity contribution in [2.75, 3.05) is 13.7 Å². The lowest BCUT2D eigenvalue weighted by Crippen LogP contribution is -2.27. The van der Waals surface area contributed by atoms with Gasteiger partial charge in [0.05, 0.1) is 7.11 Å². The number of hydrogen-bond donors (Lipinski definition) is 0. The maximum Gasteiger partial charge on any atom is 0.344 e. The molecule has 0 aliphatic rings. The molecule has 0 saturated heterocycles. The number of rotatable bonds is 5. The van der Waals surface area contributed by atoms with Crippen LogP contribution in [0.3, 0.4) is 0 Å². The van der Waals surface area contributed by atoms with Crippen LogP contribution in [0.2, 0.25) is 0 Å². The van der Waals surface area contributed by atoms with Crippen LogP contribution in [0.4, 0.5) is 0 Å². The topological polar surface area (TPSA) is 61.8 Å². The molecule has 0 aliphatic heterocycles. The van der Waals surface area contributed by atoms with Gasteiger partial charge in [-0.1, -0.05) is 12.1 Å². The lowest BCUT2D eigenvalue weighted by atomic mass is 10.2. The molecule has 0 spiro atoms. The van der Waals surface area contributed by atoms with Gasteiger partial charge in [-0.15, -0.1) is 0 Å². The highest BCUT2D eigenvalue weighted by atomic mass is 16.6. The van der Waals surface area contributed by atoms with Crippen molar-refractivity contribution in [3.05, 3.63) is 35.9 Å². The van der Waals surface area contributed by atoms with Crippen molar-refractivity contribution in [2.45, 2.75) is 26.4 Å². The van der Waals surface area contributed by atoms with Gasteiger partial charge in [-0.25, -0.2) is 9.59 Å². The highest BCUT2D eigenvalue weighted by molar-refractivity contribution is 5.86. The van der Waals surface area contributed by atoms with E-state index in [9.17, 15) is 9.59 Å². The van der Waals surface area contributed by atoms with E-state index in [1.54, 1.807) is 51.1 Å². The molecule has 0 aromatic heterocycles. The average molecular weight is 292 g/mol. The molecule has 1 rings (SSSR count). The second kappa shape index (κ2) is 7.47. The van der Waals surface area contributed by atoms with Gasteiger partial charge in [-0.2, -0.15) is 0 Å². The molecule has 21 heavy (non-hydrogen) atoms. The Morgan fingerprint density at radius 3 is 2.57 bits per heavy atom. The monoisotopic (exact) mass is 292 g/mol. The quantitative estimate of drug-likeness (QED) is 0.616. The largest absolute Gasteiger partial charge is 0.482 e. The molecule has 0 radical (unpaired) electrons. The number of carbonyl (C=O) groups excluding carboxylic acids is 2. The van der Waals surface area contributed by atoms with Crippen LogP contribution in [0.25, 0.3) is 6.08 Å². The van der Waals surface area contributed by atoms with Crippen LogP contribution in [0.1, 0.15) is 26.3 Å². The van der Waals surface area contributed by atoms with Crippen LogP contribution in [-0.2, 0) is 19.1 Å². The number of ether oxygens (including phenoxy) is 3. The van der Waals surface area contributed by atoms with Crippen molar-refractivity contribution in [1.29, 1.82) is 0 Å². The fraction of sp³-hybridized carbons (Fsp3) is 0.375. The Kier molecular flexibility index (Phi) is 5.96. The minimum Gasteiger partial charge on any atom is -0.482 e. The summed E-state index contributed by atoms with van der Waals surface area (Å²) in [5.41, 5.74) is 0.230. The van der Waals surface area contributed by atoms with Crippen LogP contribution in [-0.4, -0.2) is 31.3 Å². The molecule has 0 unspecified atom stereocenters. The van der Waals surface area contributed by atoms with Gasteiger partial charge in [-0.3, -0.25) is 0 Å². The lowest BCUT2D eigenvalue weighted by molar-refractivity contribution is -0.157. The molecular weight excluding hydrogens is 272 g/mol. The molecular formula is C16H20O5. The maximum absolute atomic E-state index is 11.5. The second-order valence-electron chi connectivity index (χ2n) is 5.30. The number of carbonyl (C=O) groups is 2. The van der Waals surface area contributed by atoms with E-state index in [0.717, 1.165) is 5.56 Å². The molecule has 5 heteroatoms. The summed E-state index contributed by atoms with van der Waals surface area (Å²) in [7, 11) is 1.31. The summed E-state index contributed by atoms with van der Waals surface area (Å²) in [6, 6.07) is 7.00. The van der Waals surface area contributed by atoms with Gasteiger partial charge in [-0.05, 0) is 44.5 Å². The van der Waals surface area contributed by atoms with Crippen molar-refractivity contribution in [1.82, 2.24) is 0 Å². The molecule has 0 amide bonds. The molecule has 0 fully saturated rings. The Morgan fingerprint density at radius 1 is 1.24 bits per heavy atom. The first-order chi connectivity index (χ1) is 9.80. The molecule has 0 N–H and O–H groups in total.